The zero-order valence-electron chi connectivity index (χ0n) is 74.3. The van der Waals surface area contributed by atoms with E-state index in [2.05, 4.69) is 13.8 Å². The Morgan fingerprint density at radius 3 is 0.739 bits per heavy atom. The number of ether oxygens (including phenoxy) is 6. The number of hydrogen-bond acceptors (Lipinski definition) is 38. The molecule has 13 atom stereocenters. The predicted octanol–water partition coefficient (Wildman–Crippen LogP) is 1.50. The fraction of sp³-hybridized carbons (Fsp3) is 1.00. The molecule has 0 amide bonds. The summed E-state index contributed by atoms with van der Waals surface area (Å²) in [6.07, 6.45) is 0.776. The summed E-state index contributed by atoms with van der Waals surface area (Å²) in [6, 6.07) is 5.97. The Bertz CT molecular complexity index is 2120. The van der Waals surface area contributed by atoms with Crippen molar-refractivity contribution < 1.29 is 179 Å². The number of aliphatic hydroxyl groups is 12. The van der Waals surface area contributed by atoms with Crippen LogP contribution in [0.3, 0.4) is 0 Å². The molecule has 0 aromatic rings. The Morgan fingerprint density at radius 2 is 0.530 bits per heavy atom. The monoisotopic (exact) mass is 1890 g/mol. The molecule has 0 radical (unpaired) electrons. The topological polar surface area (TPSA) is 571 Å². The highest BCUT2D eigenvalue weighted by Gasteiger charge is 2.46. The van der Waals surface area contributed by atoms with Crippen LogP contribution in [0.5, 0.6) is 0 Å². The molecule has 0 aromatic carbocycles. The third-order valence-corrected chi connectivity index (χ3v) is 50.8. The molecule has 38 nitrogen and oxygen atoms in total. The number of rotatable bonds is 65. The van der Waals surface area contributed by atoms with Gasteiger partial charge in [0.2, 0.25) is 0 Å². The first-order chi connectivity index (χ1) is 52.7. The van der Waals surface area contributed by atoms with Gasteiger partial charge < -0.3 is 179 Å². The smallest absolute Gasteiger partial charge is 0.415 e. The largest absolute Gasteiger partial charge is 0.489 e. The summed E-state index contributed by atoms with van der Waals surface area (Å²) >= 11 is 0. The van der Waals surface area contributed by atoms with Crippen LogP contribution in [0, 0.1) is 0 Å². The van der Waals surface area contributed by atoms with E-state index in [1.807, 2.05) is 13.5 Å². The van der Waals surface area contributed by atoms with Crippen LogP contribution in [0.4, 0.5) is 0 Å². The van der Waals surface area contributed by atoms with Crippen LogP contribution in [-0.4, -0.2) is 400 Å². The molecule has 0 spiro atoms. The summed E-state index contributed by atoms with van der Waals surface area (Å²) in [6.45, 7) is 32.7. The van der Waals surface area contributed by atoms with E-state index >= 15 is 0 Å². The van der Waals surface area contributed by atoms with Crippen LogP contribution in [0.25, 0.3) is 0 Å². The van der Waals surface area contributed by atoms with Crippen LogP contribution in [-0.2, 0) is 79.7 Å². The van der Waals surface area contributed by atoms with E-state index in [4.69, 9.17) is 131 Å². The van der Waals surface area contributed by atoms with Crippen molar-refractivity contribution in [2.75, 3.05) is 155 Å². The van der Waals surface area contributed by atoms with Gasteiger partial charge in [-0.15, -0.1) is 0 Å². The van der Waals surface area contributed by atoms with Crippen molar-refractivity contribution in [2.24, 2.45) is 0 Å². The van der Waals surface area contributed by atoms with Crippen LogP contribution in [0.15, 0.2) is 0 Å². The van der Waals surface area contributed by atoms with Crippen LogP contribution >= 0.6 is 0 Å². The molecule has 115 heavy (non-hydrogen) atoms. The molecule has 0 fully saturated rings. The first-order valence-electron chi connectivity index (χ1n) is 39.3. The second-order valence-corrected chi connectivity index (χ2v) is 70.9. The Kier molecular flexibility index (Phi) is 74.3. The molecule has 0 bridgehead atoms. The quantitative estimate of drug-likeness (QED) is 0.0303. The minimum absolute atomic E-state index is 0.00126. The molecule has 50 heteroatoms. The highest BCUT2D eigenvalue weighted by Crippen LogP contribution is 2.29. The highest BCUT2D eigenvalue weighted by molar-refractivity contribution is 6.81. The lowest BCUT2D eigenvalue weighted by Crippen LogP contribution is -2.51. The second kappa shape index (κ2) is 67.4. The van der Waals surface area contributed by atoms with Crippen LogP contribution in [0.2, 0.25) is 140 Å². The van der Waals surface area contributed by atoms with E-state index < -0.39 is 145 Å². The Hall–Kier alpha value is 1.08. The Balaban J connectivity index is -0.000000310. The maximum atomic E-state index is 10.1. The molecule has 0 aliphatic carbocycles. The van der Waals surface area contributed by atoms with Gasteiger partial charge in [0, 0.05) is 94.4 Å². The molecule has 0 aliphatic rings. The van der Waals surface area contributed by atoms with E-state index in [0.717, 1.165) is 80.8 Å². The lowest BCUT2D eigenvalue weighted by molar-refractivity contribution is -0.102. The SMILES string of the molecule is CCC[Si](CCCOCC(O)CO)(OC)O[Si](C)(C)O.CCC[Si](CCCOCC(O)CO)(OC)O[Si](C)(C)O.CC[Si](CCCOCC(O)CO)(OC)O[Si](C)(C)O.CO[Si](C)(CCCOCC(O)CO)O[Si](C)(C)O.CO[Si](O)(CCCOCC(C)(O)C(C)O)O[Si](C)(C)O.CO[Si](O)(CCCOCC(O)CO)O[Si](C)(C)O. The molecule has 0 aliphatic heterocycles. The Morgan fingerprint density at radius 1 is 0.296 bits per heavy atom. The van der Waals surface area contributed by atoms with E-state index in [-0.39, 0.29) is 91.4 Å². The summed E-state index contributed by atoms with van der Waals surface area (Å²) in [5.41, 5.74) is -1.30. The maximum absolute atomic E-state index is 10.1. The summed E-state index contributed by atoms with van der Waals surface area (Å²) < 4.78 is 97.5. The molecular weight excluding hydrogens is 1730 g/mol. The van der Waals surface area contributed by atoms with Crippen LogP contribution < -0.4 is 0 Å². The minimum atomic E-state index is -3.36. The molecule has 0 heterocycles. The van der Waals surface area contributed by atoms with Crippen molar-refractivity contribution in [1.82, 2.24) is 0 Å². The minimum Gasteiger partial charge on any atom is -0.415 e. The molecule has 20 N–H and O–H groups in total. The van der Waals surface area contributed by atoms with Gasteiger partial charge in [-0.1, -0.05) is 33.6 Å². The molecule has 0 aromatic heterocycles. The molecule has 0 saturated heterocycles. The maximum Gasteiger partial charge on any atom is 0.489 e. The van der Waals surface area contributed by atoms with Crippen molar-refractivity contribution in [3.63, 3.8) is 0 Å². The van der Waals surface area contributed by atoms with E-state index in [1.165, 1.54) is 28.1 Å². The highest BCUT2D eigenvalue weighted by atomic mass is 28.5. The normalized spacial score (nSPS) is 17.7. The van der Waals surface area contributed by atoms with Gasteiger partial charge in [0.05, 0.1) is 78.8 Å². The van der Waals surface area contributed by atoms with Gasteiger partial charge in [0.15, 0.2) is 0 Å². The van der Waals surface area contributed by atoms with E-state index in [1.54, 1.807) is 107 Å². The summed E-state index contributed by atoms with van der Waals surface area (Å²) in [7, 11) is -23.0. The molecule has 0 saturated carbocycles. The summed E-state index contributed by atoms with van der Waals surface area (Å²) in [5, 5.41) is 108. The van der Waals surface area contributed by atoms with Gasteiger partial charge in [-0.05, 0) is 180 Å². The first-order valence-corrected chi connectivity index (χ1v) is 69.6. The summed E-state index contributed by atoms with van der Waals surface area (Å²) in [4.78, 5) is 79.1. The van der Waals surface area contributed by atoms with Crippen molar-refractivity contribution in [3.05, 3.63) is 0 Å². The zero-order chi connectivity index (χ0) is 90.7. The second-order valence-electron chi connectivity index (χ2n) is 30.9. The molecule has 13 unspecified atom stereocenters. The Labute approximate surface area is 701 Å². The third-order valence-electron chi connectivity index (χ3n) is 15.5. The molecule has 702 valence electrons. The number of aliphatic hydroxyl groups excluding tert-OH is 11. The zero-order valence-corrected chi connectivity index (χ0v) is 86.3. The van der Waals surface area contributed by atoms with Crippen molar-refractivity contribution in [3.8, 4) is 0 Å². The van der Waals surface area contributed by atoms with Gasteiger partial charge in [-0.3, -0.25) is 0 Å². The van der Waals surface area contributed by atoms with Crippen LogP contribution in [0.1, 0.15) is 86.0 Å². The lowest BCUT2D eigenvalue weighted by Gasteiger charge is -2.34. The predicted molar refractivity (Wildman–Crippen MR) is 461 cm³/mol. The van der Waals surface area contributed by atoms with Gasteiger partial charge in [-0.2, -0.15) is 0 Å². The van der Waals surface area contributed by atoms with E-state index in [9.17, 15) is 48.6 Å². The average molecular weight is 1890 g/mol. The van der Waals surface area contributed by atoms with E-state index in [0.29, 0.717) is 45.9 Å². The molecular formula is C65H166O38Si12. The lowest BCUT2D eigenvalue weighted by atomic mass is 10.0. The van der Waals surface area contributed by atoms with Crippen molar-refractivity contribution in [2.45, 2.75) is 268 Å². The van der Waals surface area contributed by atoms with Crippen molar-refractivity contribution >= 4 is 103 Å². The van der Waals surface area contributed by atoms with Gasteiger partial charge >= 0.3 is 103 Å². The molecule has 0 rings (SSSR count). The average Bonchev–Trinajstić information content (AvgIpc) is 0.863. The standard InChI is InChI=1S/2C12H30O6Si2.C11H28O7Si2.C11H28O6Si2.C10H26O6Si2.C9H24O7Si2/c2*1-5-8-20(16-2,18-19(3,4)15)9-6-7-17-11-12(14)10-13;1-10(12)11(2,13)9-17-7-6-8-20(15,16-3)18-19(4,5)14;1-5-19(15-2,17-18(3,4)14)8-6-7-16-10-11(13)9-12;1-14-18(4,16-17(2,3)13)7-5-6-15-9-10(12)8-11;1-14-18(13,16-17(2,3)12)6-4-5-15-8-9(11)7-10/h2*12-15H,5-11H2,1-4H3;10,12-15H,6-9H2,1-5H3;11-14H,5-10H2,1-4H3;10-13H,5-9H2,1-4H3;9-13H,4-8H2,1-3H3. The van der Waals surface area contributed by atoms with Gasteiger partial charge in [-0.25, -0.2) is 0 Å². The number of hydrogen-bond donors (Lipinski definition) is 20. The third kappa shape index (κ3) is 78.3. The fourth-order valence-electron chi connectivity index (χ4n) is 9.94. The van der Waals surface area contributed by atoms with Gasteiger partial charge in [0.25, 0.3) is 0 Å². The van der Waals surface area contributed by atoms with Gasteiger partial charge in [0.1, 0.15) is 36.1 Å². The fourth-order valence-corrected chi connectivity index (χ4v) is 45.5. The van der Waals surface area contributed by atoms with Crippen molar-refractivity contribution in [1.29, 1.82) is 0 Å². The first kappa shape index (κ1) is 127. The summed E-state index contributed by atoms with van der Waals surface area (Å²) in [5.74, 6) is 0.